The van der Waals surface area contributed by atoms with Gasteiger partial charge in [0.2, 0.25) is 0 Å². The number of hydrogen-bond acceptors (Lipinski definition) is 3. The quantitative estimate of drug-likeness (QED) is 0.572. The van der Waals surface area contributed by atoms with Crippen molar-refractivity contribution in [3.8, 4) is 0 Å². The summed E-state index contributed by atoms with van der Waals surface area (Å²) in [5.41, 5.74) is 1.32. The van der Waals surface area contributed by atoms with Crippen LogP contribution in [0.2, 0.25) is 0 Å². The summed E-state index contributed by atoms with van der Waals surface area (Å²) in [6.07, 6.45) is 1.75. The van der Waals surface area contributed by atoms with Crippen molar-refractivity contribution in [1.82, 2.24) is 5.32 Å². The number of amides is 2. The van der Waals surface area contributed by atoms with Gasteiger partial charge in [-0.05, 0) is 48.4 Å². The number of unbranched alkanes of at least 4 members (excludes halogenated alkanes) is 1. The Labute approximate surface area is 150 Å². The fraction of sp³-hybridized carbons (Fsp3) is 0.263. The average molecular weight is 362 g/mol. The third-order valence-corrected chi connectivity index (χ3v) is 3.55. The number of hydrogen-bond donors (Lipinski definition) is 2. The number of rotatable bonds is 7. The van der Waals surface area contributed by atoms with Crippen molar-refractivity contribution in [3.05, 3.63) is 65.2 Å². The van der Waals surface area contributed by atoms with E-state index in [-0.39, 0.29) is 6.54 Å². The smallest absolute Gasteiger partial charge is 0.338 e. The van der Waals surface area contributed by atoms with Gasteiger partial charge in [0.1, 0.15) is 0 Å². The zero-order chi connectivity index (χ0) is 18.9. The molecule has 5 nitrogen and oxygen atoms in total. The molecule has 2 N–H and O–H groups in total. The number of benzene rings is 2. The summed E-state index contributed by atoms with van der Waals surface area (Å²) in [7, 11) is 0. The summed E-state index contributed by atoms with van der Waals surface area (Å²) >= 11 is 0. The molecule has 0 bridgehead atoms. The van der Waals surface area contributed by atoms with E-state index < -0.39 is 23.6 Å². The molecule has 2 aromatic rings. The molecular weight excluding hydrogens is 342 g/mol. The molecule has 0 aliphatic heterocycles. The van der Waals surface area contributed by atoms with Crippen LogP contribution in [-0.4, -0.2) is 18.6 Å². The molecule has 0 aliphatic carbocycles. The maximum Gasteiger partial charge on any atom is 0.338 e. The molecule has 0 unspecified atom stereocenters. The van der Waals surface area contributed by atoms with Crippen LogP contribution in [0, 0.1) is 11.6 Å². The second-order valence-corrected chi connectivity index (χ2v) is 5.62. The zero-order valence-electron chi connectivity index (χ0n) is 14.4. The second kappa shape index (κ2) is 9.50. The predicted molar refractivity (Wildman–Crippen MR) is 93.8 cm³/mol. The first-order valence-corrected chi connectivity index (χ1v) is 8.25. The Morgan fingerprint density at radius 3 is 2.42 bits per heavy atom. The molecule has 0 atom stereocenters. The molecule has 2 aromatic carbocycles. The van der Waals surface area contributed by atoms with Gasteiger partial charge >= 0.3 is 12.0 Å². The van der Waals surface area contributed by atoms with Crippen LogP contribution in [0.3, 0.4) is 0 Å². The Bertz CT molecular complexity index is 764. The lowest BCUT2D eigenvalue weighted by atomic mass is 10.2. The van der Waals surface area contributed by atoms with Crippen LogP contribution in [0.15, 0.2) is 42.5 Å². The standard InChI is InChI=1S/C19H20F2N2O3/c1-2-3-10-26-18(24)14-5-7-15(8-6-14)23-19(25)22-12-13-4-9-16(20)17(21)11-13/h4-9,11H,2-3,10,12H2,1H3,(H2,22,23,25). The van der Waals surface area contributed by atoms with Gasteiger partial charge in [0, 0.05) is 12.2 Å². The first kappa shape index (κ1) is 19.4. The van der Waals surface area contributed by atoms with Crippen molar-refractivity contribution in [2.45, 2.75) is 26.3 Å². The second-order valence-electron chi connectivity index (χ2n) is 5.62. The third kappa shape index (κ3) is 5.84. The van der Waals surface area contributed by atoms with Crippen LogP contribution >= 0.6 is 0 Å². The van der Waals surface area contributed by atoms with E-state index in [1.165, 1.54) is 6.07 Å². The van der Waals surface area contributed by atoms with Crippen LogP contribution < -0.4 is 10.6 Å². The molecule has 0 heterocycles. The van der Waals surface area contributed by atoms with E-state index in [4.69, 9.17) is 4.74 Å². The van der Waals surface area contributed by atoms with Gasteiger partial charge < -0.3 is 15.4 Å². The van der Waals surface area contributed by atoms with E-state index in [1.807, 2.05) is 6.92 Å². The van der Waals surface area contributed by atoms with E-state index in [1.54, 1.807) is 24.3 Å². The Morgan fingerprint density at radius 2 is 1.77 bits per heavy atom. The number of anilines is 1. The lowest BCUT2D eigenvalue weighted by molar-refractivity contribution is 0.0500. The highest BCUT2D eigenvalue weighted by Crippen LogP contribution is 2.11. The molecule has 26 heavy (non-hydrogen) atoms. The SMILES string of the molecule is CCCCOC(=O)c1ccc(NC(=O)NCc2ccc(F)c(F)c2)cc1. The minimum absolute atomic E-state index is 0.0465. The first-order chi connectivity index (χ1) is 12.5. The van der Waals surface area contributed by atoms with Crippen LogP contribution in [0.1, 0.15) is 35.7 Å². The summed E-state index contributed by atoms with van der Waals surface area (Å²) in [4.78, 5) is 23.6. The monoisotopic (exact) mass is 362 g/mol. The summed E-state index contributed by atoms with van der Waals surface area (Å²) in [5.74, 6) is -2.31. The van der Waals surface area contributed by atoms with Crippen LogP contribution in [0.5, 0.6) is 0 Å². The van der Waals surface area contributed by atoms with Gasteiger partial charge in [0.25, 0.3) is 0 Å². The molecule has 0 radical (unpaired) electrons. The highest BCUT2D eigenvalue weighted by molar-refractivity contribution is 5.92. The summed E-state index contributed by atoms with van der Waals surface area (Å²) in [6.45, 7) is 2.43. The number of carbonyl (C=O) groups is 2. The minimum Gasteiger partial charge on any atom is -0.462 e. The molecular formula is C19H20F2N2O3. The number of halogens is 2. The van der Waals surface area contributed by atoms with E-state index >= 15 is 0 Å². The normalized spacial score (nSPS) is 10.3. The minimum atomic E-state index is -0.967. The molecule has 2 amide bonds. The molecule has 0 saturated heterocycles. The Morgan fingerprint density at radius 1 is 1.04 bits per heavy atom. The number of esters is 1. The maximum absolute atomic E-state index is 13.1. The molecule has 0 saturated carbocycles. The largest absolute Gasteiger partial charge is 0.462 e. The van der Waals surface area contributed by atoms with Gasteiger partial charge in [-0.1, -0.05) is 19.4 Å². The van der Waals surface area contributed by atoms with E-state index in [2.05, 4.69) is 10.6 Å². The van der Waals surface area contributed by atoms with Crippen molar-refractivity contribution in [3.63, 3.8) is 0 Å². The highest BCUT2D eigenvalue weighted by Gasteiger charge is 2.08. The van der Waals surface area contributed by atoms with Gasteiger partial charge in [0.15, 0.2) is 11.6 Å². The van der Waals surface area contributed by atoms with Gasteiger partial charge in [-0.25, -0.2) is 18.4 Å². The van der Waals surface area contributed by atoms with Crippen LogP contribution in [0.4, 0.5) is 19.3 Å². The van der Waals surface area contributed by atoms with E-state index in [0.717, 1.165) is 25.0 Å². The Kier molecular flexibility index (Phi) is 7.08. The number of ether oxygens (including phenoxy) is 1. The Hall–Kier alpha value is -2.96. The molecule has 138 valence electrons. The van der Waals surface area contributed by atoms with Crippen molar-refractivity contribution in [1.29, 1.82) is 0 Å². The van der Waals surface area contributed by atoms with E-state index in [9.17, 15) is 18.4 Å². The fourth-order valence-corrected chi connectivity index (χ4v) is 2.09. The lowest BCUT2D eigenvalue weighted by Crippen LogP contribution is -2.28. The average Bonchev–Trinajstić information content (AvgIpc) is 2.63. The molecule has 0 spiro atoms. The summed E-state index contributed by atoms with van der Waals surface area (Å²) in [5, 5.41) is 5.12. The number of nitrogens with one attached hydrogen (secondary N) is 2. The number of carbonyl (C=O) groups excluding carboxylic acids is 2. The maximum atomic E-state index is 13.1. The predicted octanol–water partition coefficient (Wildman–Crippen LogP) is 4.24. The van der Waals surface area contributed by atoms with Gasteiger partial charge in [0.05, 0.1) is 12.2 Å². The Balaban J connectivity index is 1.83. The lowest BCUT2D eigenvalue weighted by Gasteiger charge is -2.09. The first-order valence-electron chi connectivity index (χ1n) is 8.25. The van der Waals surface area contributed by atoms with Crippen molar-refractivity contribution < 1.29 is 23.1 Å². The molecule has 7 heteroatoms. The molecule has 0 fully saturated rings. The third-order valence-electron chi connectivity index (χ3n) is 3.55. The van der Waals surface area contributed by atoms with Gasteiger partial charge in [-0.15, -0.1) is 0 Å². The topological polar surface area (TPSA) is 67.4 Å². The van der Waals surface area contributed by atoms with E-state index in [0.29, 0.717) is 23.4 Å². The zero-order valence-corrected chi connectivity index (χ0v) is 14.4. The molecule has 0 aromatic heterocycles. The summed E-state index contributed by atoms with van der Waals surface area (Å²) in [6, 6.07) is 9.17. The number of urea groups is 1. The summed E-state index contributed by atoms with van der Waals surface area (Å²) < 4.78 is 31.1. The van der Waals surface area contributed by atoms with Gasteiger partial charge in [-0.2, -0.15) is 0 Å². The van der Waals surface area contributed by atoms with Crippen molar-refractivity contribution in [2.24, 2.45) is 0 Å². The van der Waals surface area contributed by atoms with Gasteiger partial charge in [-0.3, -0.25) is 0 Å². The van der Waals surface area contributed by atoms with Crippen molar-refractivity contribution >= 4 is 17.7 Å². The van der Waals surface area contributed by atoms with Crippen LogP contribution in [0.25, 0.3) is 0 Å². The highest BCUT2D eigenvalue weighted by atomic mass is 19.2. The molecule has 2 rings (SSSR count). The molecule has 0 aliphatic rings. The van der Waals surface area contributed by atoms with Crippen molar-refractivity contribution in [2.75, 3.05) is 11.9 Å². The van der Waals surface area contributed by atoms with Crippen LogP contribution in [-0.2, 0) is 11.3 Å². The fourth-order valence-electron chi connectivity index (χ4n) is 2.09.